The van der Waals surface area contributed by atoms with Gasteiger partial charge in [0, 0.05) is 5.92 Å². The third-order valence-electron chi connectivity index (χ3n) is 5.11. The molecule has 3 rings (SSSR count). The average Bonchev–Trinajstić information content (AvgIpc) is 3.15. The van der Waals surface area contributed by atoms with Crippen molar-refractivity contribution in [3.05, 3.63) is 28.8 Å². The fourth-order valence-corrected chi connectivity index (χ4v) is 3.81. The minimum Gasteiger partial charge on any atom is -0.496 e. The number of hydrogen-bond acceptors (Lipinski definition) is 2. The summed E-state index contributed by atoms with van der Waals surface area (Å²) in [6, 6.07) is 3.99. The maximum absolute atomic E-state index is 12.7. The molecule has 0 heterocycles. The Bertz CT molecular complexity index is 506. The van der Waals surface area contributed by atoms with Gasteiger partial charge >= 0.3 is 0 Å². The van der Waals surface area contributed by atoms with Crippen molar-refractivity contribution in [1.29, 1.82) is 0 Å². The van der Waals surface area contributed by atoms with Gasteiger partial charge in [0.15, 0.2) is 5.78 Å². The number of ether oxygens (including phenoxy) is 1. The van der Waals surface area contributed by atoms with E-state index in [1.807, 2.05) is 19.1 Å². The largest absolute Gasteiger partial charge is 0.496 e. The number of Topliss-reactive ketones (excluding diaryl/α,β-unsaturated/α-hetero) is 1. The van der Waals surface area contributed by atoms with Gasteiger partial charge < -0.3 is 4.74 Å². The predicted molar refractivity (Wildman–Crippen MR) is 75.7 cm³/mol. The Balaban J connectivity index is 1.90. The minimum absolute atomic E-state index is 0.276. The normalized spacial score (nSPS) is 28.7. The zero-order valence-corrected chi connectivity index (χ0v) is 12.0. The highest BCUT2D eigenvalue weighted by Gasteiger charge is 2.54. The standard InChI is InChI=1S/C17H22O2/c1-10-8-9-14(17(19-3)11(10)2)16(18)15-12-6-4-5-7-13(12)15/h8-9,12-13,15H,4-7H2,1-3H3. The summed E-state index contributed by atoms with van der Waals surface area (Å²) in [4.78, 5) is 12.7. The molecule has 2 atom stereocenters. The molecule has 0 N–H and O–H groups in total. The Morgan fingerprint density at radius 3 is 2.37 bits per heavy atom. The van der Waals surface area contributed by atoms with E-state index in [9.17, 15) is 4.79 Å². The zero-order valence-electron chi connectivity index (χ0n) is 12.0. The first-order valence-electron chi connectivity index (χ1n) is 7.33. The van der Waals surface area contributed by atoms with E-state index in [0.717, 1.165) is 16.9 Å². The summed E-state index contributed by atoms with van der Waals surface area (Å²) in [5.74, 6) is 2.70. The SMILES string of the molecule is COc1c(C(=O)C2C3CCCCC32)ccc(C)c1C. The lowest BCUT2D eigenvalue weighted by Crippen LogP contribution is -2.08. The van der Waals surface area contributed by atoms with E-state index in [4.69, 9.17) is 4.74 Å². The van der Waals surface area contributed by atoms with Gasteiger partial charge in [0.25, 0.3) is 0 Å². The van der Waals surface area contributed by atoms with E-state index < -0.39 is 0 Å². The first kappa shape index (κ1) is 12.7. The molecule has 0 aromatic heterocycles. The molecule has 2 aliphatic carbocycles. The second-order valence-corrected chi connectivity index (χ2v) is 6.09. The molecular weight excluding hydrogens is 236 g/mol. The highest BCUT2D eigenvalue weighted by molar-refractivity contribution is 6.02. The second kappa shape index (κ2) is 4.66. The predicted octanol–water partition coefficient (Wildman–Crippen LogP) is 3.93. The van der Waals surface area contributed by atoms with Crippen molar-refractivity contribution >= 4 is 5.78 Å². The summed E-state index contributed by atoms with van der Waals surface area (Å²) in [5, 5.41) is 0. The van der Waals surface area contributed by atoms with Crippen LogP contribution < -0.4 is 4.74 Å². The lowest BCUT2D eigenvalue weighted by atomic mass is 9.98. The summed E-state index contributed by atoms with van der Waals surface area (Å²) < 4.78 is 5.49. The molecule has 0 radical (unpaired) electrons. The Hall–Kier alpha value is -1.31. The summed E-state index contributed by atoms with van der Waals surface area (Å²) in [7, 11) is 1.67. The second-order valence-electron chi connectivity index (χ2n) is 6.09. The van der Waals surface area contributed by atoms with Crippen molar-refractivity contribution in [2.24, 2.45) is 17.8 Å². The summed E-state index contributed by atoms with van der Waals surface area (Å²) in [6.45, 7) is 4.09. The van der Waals surface area contributed by atoms with Crippen molar-refractivity contribution in [3.8, 4) is 5.75 Å². The van der Waals surface area contributed by atoms with Crippen LogP contribution in [-0.4, -0.2) is 12.9 Å². The van der Waals surface area contributed by atoms with Gasteiger partial charge in [-0.05, 0) is 55.7 Å². The number of carbonyl (C=O) groups is 1. The first-order chi connectivity index (χ1) is 9.15. The molecule has 19 heavy (non-hydrogen) atoms. The van der Waals surface area contributed by atoms with E-state index in [-0.39, 0.29) is 5.92 Å². The quantitative estimate of drug-likeness (QED) is 0.768. The molecule has 2 aliphatic rings. The number of rotatable bonds is 3. The molecule has 0 saturated heterocycles. The monoisotopic (exact) mass is 258 g/mol. The van der Waals surface area contributed by atoms with Crippen LogP contribution in [0.4, 0.5) is 0 Å². The fourth-order valence-electron chi connectivity index (χ4n) is 3.81. The molecule has 0 spiro atoms. The van der Waals surface area contributed by atoms with Crippen LogP contribution in [0.5, 0.6) is 5.75 Å². The van der Waals surface area contributed by atoms with Gasteiger partial charge in [-0.1, -0.05) is 18.9 Å². The van der Waals surface area contributed by atoms with Crippen molar-refractivity contribution in [1.82, 2.24) is 0 Å². The molecule has 0 aliphatic heterocycles. The molecule has 1 aromatic rings. The Kier molecular flexibility index (Phi) is 3.12. The van der Waals surface area contributed by atoms with E-state index in [1.54, 1.807) is 7.11 Å². The fraction of sp³-hybridized carbons (Fsp3) is 0.588. The summed E-state index contributed by atoms with van der Waals surface area (Å²) in [6.07, 6.45) is 5.09. The molecule has 2 nitrogen and oxygen atoms in total. The van der Waals surface area contributed by atoms with Crippen LogP contribution in [0.1, 0.15) is 47.2 Å². The van der Waals surface area contributed by atoms with Crippen LogP contribution in [-0.2, 0) is 0 Å². The lowest BCUT2D eigenvalue weighted by molar-refractivity contribution is 0.0953. The van der Waals surface area contributed by atoms with Gasteiger partial charge in [-0.15, -0.1) is 0 Å². The number of benzene rings is 1. The number of fused-ring (bicyclic) bond motifs is 1. The van der Waals surface area contributed by atoms with Crippen molar-refractivity contribution in [2.45, 2.75) is 39.5 Å². The maximum atomic E-state index is 12.7. The van der Waals surface area contributed by atoms with Gasteiger partial charge in [0.2, 0.25) is 0 Å². The molecule has 2 fully saturated rings. The molecule has 0 amide bonds. The smallest absolute Gasteiger partial charge is 0.170 e. The number of carbonyl (C=O) groups excluding carboxylic acids is 1. The number of ketones is 1. The molecule has 2 unspecified atom stereocenters. The van der Waals surface area contributed by atoms with Gasteiger partial charge in [0.05, 0.1) is 12.7 Å². The van der Waals surface area contributed by atoms with Crippen molar-refractivity contribution < 1.29 is 9.53 Å². The van der Waals surface area contributed by atoms with Crippen LogP contribution in [0.2, 0.25) is 0 Å². The number of methoxy groups -OCH3 is 1. The highest BCUT2D eigenvalue weighted by atomic mass is 16.5. The molecular formula is C17H22O2. The first-order valence-corrected chi connectivity index (χ1v) is 7.33. The third-order valence-corrected chi connectivity index (χ3v) is 5.11. The van der Waals surface area contributed by atoms with Crippen LogP contribution in [0, 0.1) is 31.6 Å². The van der Waals surface area contributed by atoms with Gasteiger partial charge in [0.1, 0.15) is 5.75 Å². The van der Waals surface area contributed by atoms with E-state index >= 15 is 0 Å². The van der Waals surface area contributed by atoms with Gasteiger partial charge in [-0.2, -0.15) is 0 Å². The average molecular weight is 258 g/mol. The van der Waals surface area contributed by atoms with E-state index in [0.29, 0.717) is 17.6 Å². The molecule has 2 heteroatoms. The maximum Gasteiger partial charge on any atom is 0.170 e. The van der Waals surface area contributed by atoms with Gasteiger partial charge in [-0.25, -0.2) is 0 Å². The molecule has 1 aromatic carbocycles. The zero-order chi connectivity index (χ0) is 13.6. The van der Waals surface area contributed by atoms with Gasteiger partial charge in [-0.3, -0.25) is 4.79 Å². The molecule has 2 saturated carbocycles. The van der Waals surface area contributed by atoms with Crippen LogP contribution in [0.15, 0.2) is 12.1 Å². The van der Waals surface area contributed by atoms with Crippen LogP contribution in [0.3, 0.4) is 0 Å². The Morgan fingerprint density at radius 2 is 1.79 bits per heavy atom. The number of aryl methyl sites for hydroxylation is 1. The van der Waals surface area contributed by atoms with E-state index in [1.165, 1.54) is 31.2 Å². The molecule has 102 valence electrons. The topological polar surface area (TPSA) is 26.3 Å². The molecule has 0 bridgehead atoms. The van der Waals surface area contributed by atoms with Crippen LogP contribution in [0.25, 0.3) is 0 Å². The van der Waals surface area contributed by atoms with E-state index in [2.05, 4.69) is 6.92 Å². The lowest BCUT2D eigenvalue weighted by Gasteiger charge is -2.12. The van der Waals surface area contributed by atoms with Crippen molar-refractivity contribution in [2.75, 3.05) is 7.11 Å². The number of hydrogen-bond donors (Lipinski definition) is 0. The van der Waals surface area contributed by atoms with Crippen LogP contribution >= 0.6 is 0 Å². The minimum atomic E-state index is 0.276. The summed E-state index contributed by atoms with van der Waals surface area (Å²) >= 11 is 0. The Labute approximate surface area is 115 Å². The van der Waals surface area contributed by atoms with Crippen molar-refractivity contribution in [3.63, 3.8) is 0 Å². The Morgan fingerprint density at radius 1 is 1.16 bits per heavy atom. The highest BCUT2D eigenvalue weighted by Crippen LogP contribution is 2.57. The summed E-state index contributed by atoms with van der Waals surface area (Å²) in [5.41, 5.74) is 3.07. The third kappa shape index (κ3) is 1.98.